The third-order valence-corrected chi connectivity index (χ3v) is 32.0. The van der Waals surface area contributed by atoms with Crippen molar-refractivity contribution >= 4 is 102 Å². The standard InChI is InChI=1S/C19H16.C15H14.5C13H10S.C13H14.C9H12O.C9H12.5C2H6/c1-12(2)17-11-15-7-3-5-13-9-10-14-6-4-8-16(17)19(14)18(13)15;1-15(2)13-9-5-3-7-11(13)12-8-4-6-10-14(12)15;5*1-3-7-12-10(5-1)9-11-6-2-4-8-13(11)14-12;1-10(2)12-9-5-7-11-6-3-4-8-13(11)12;1-7(2)8-3-5-9(10)6-4-8;1-8(2)9-6-4-3-5-7-9;5*1-2/h3-12H,1-2H3;3-10H,1-2H3;5*1-8H,9H2;3-10H,1-2H3;3-7,10H,1-2H3;3-8H,1-2H3;5*1-2H3. The fraction of sp³-hybridized carbons (Fsp3) is 0.214. The molecule has 1 nitrogen and oxygen atoms in total. The molecule has 26 rings (SSSR count). The number of aromatic hydroxyl groups is 1. The second-order valence-corrected chi connectivity index (χ2v) is 42.3. The van der Waals surface area contributed by atoms with Crippen LogP contribution in [0.4, 0.5) is 0 Å². The summed E-state index contributed by atoms with van der Waals surface area (Å²) in [7, 11) is 0. The molecule has 6 heteroatoms. The number of hydrogen-bond acceptors (Lipinski definition) is 6. The monoisotopic (exact) mass is 2010 g/mol. The highest BCUT2D eigenvalue weighted by Gasteiger charge is 2.34. The predicted molar refractivity (Wildman–Crippen MR) is 645 cm³/mol. The van der Waals surface area contributed by atoms with Gasteiger partial charge in [-0.3, -0.25) is 0 Å². The van der Waals surface area contributed by atoms with Gasteiger partial charge in [-0.05, 0) is 272 Å². The van der Waals surface area contributed by atoms with Gasteiger partial charge in [-0.25, -0.2) is 0 Å². The van der Waals surface area contributed by atoms with Gasteiger partial charge < -0.3 is 5.11 Å². The second-order valence-electron chi connectivity index (χ2n) is 36.9. The average molecular weight is 2010 g/mol. The molecule has 0 aromatic heterocycles. The largest absolute Gasteiger partial charge is 0.508 e. The lowest BCUT2D eigenvalue weighted by Gasteiger charge is -2.20. The molecule has 146 heavy (non-hydrogen) atoms. The van der Waals surface area contributed by atoms with E-state index in [1.807, 2.05) is 146 Å². The molecule has 6 aliphatic rings. The maximum absolute atomic E-state index is 8.94. The molecule has 20 aromatic carbocycles. The molecule has 0 amide bonds. The van der Waals surface area contributed by atoms with Gasteiger partial charge in [0, 0.05) is 54.4 Å². The summed E-state index contributed by atoms with van der Waals surface area (Å²) in [5.41, 5.74) is 26.0. The molecule has 0 spiro atoms. The Morgan fingerprint density at radius 1 is 0.199 bits per heavy atom. The van der Waals surface area contributed by atoms with E-state index in [1.165, 1.54) is 192 Å². The molecule has 0 atom stereocenters. The molecular formula is C140H148OS5. The van der Waals surface area contributed by atoms with E-state index >= 15 is 0 Å². The van der Waals surface area contributed by atoms with Crippen molar-refractivity contribution in [3.05, 3.63) is 532 Å². The van der Waals surface area contributed by atoms with Crippen LogP contribution in [0.25, 0.3) is 54.2 Å². The fourth-order valence-electron chi connectivity index (χ4n) is 18.5. The van der Waals surface area contributed by atoms with Crippen LogP contribution in [-0.4, -0.2) is 5.11 Å². The summed E-state index contributed by atoms with van der Waals surface area (Å²) < 4.78 is 0. The minimum Gasteiger partial charge on any atom is -0.508 e. The number of rotatable bonds is 4. The van der Waals surface area contributed by atoms with Crippen LogP contribution in [0, 0.1) is 0 Å². The van der Waals surface area contributed by atoms with E-state index in [9.17, 15) is 0 Å². The minimum absolute atomic E-state index is 0.160. The van der Waals surface area contributed by atoms with Crippen molar-refractivity contribution in [3.63, 3.8) is 0 Å². The zero-order valence-corrected chi connectivity index (χ0v) is 93.6. The molecule has 0 saturated heterocycles. The van der Waals surface area contributed by atoms with E-state index in [2.05, 4.69) is 482 Å². The van der Waals surface area contributed by atoms with Crippen molar-refractivity contribution in [1.82, 2.24) is 0 Å². The summed E-state index contributed by atoms with van der Waals surface area (Å²) in [6.07, 6.45) is 5.41. The molecular weight excluding hydrogens is 1860 g/mol. The van der Waals surface area contributed by atoms with Crippen LogP contribution in [0.2, 0.25) is 0 Å². The zero-order valence-electron chi connectivity index (χ0n) is 89.5. The summed E-state index contributed by atoms with van der Waals surface area (Å²) >= 11 is 9.41. The Morgan fingerprint density at radius 2 is 0.438 bits per heavy atom. The van der Waals surface area contributed by atoms with Crippen LogP contribution in [0.1, 0.15) is 251 Å². The van der Waals surface area contributed by atoms with Crippen molar-refractivity contribution in [2.24, 2.45) is 0 Å². The lowest BCUT2D eigenvalue weighted by atomic mass is 9.82. The van der Waals surface area contributed by atoms with E-state index in [-0.39, 0.29) is 5.41 Å². The molecule has 1 N–H and O–H groups in total. The van der Waals surface area contributed by atoms with Crippen molar-refractivity contribution in [2.75, 3.05) is 0 Å². The molecule has 1 aliphatic carbocycles. The first-order chi connectivity index (χ1) is 71.4. The predicted octanol–water partition coefficient (Wildman–Crippen LogP) is 42.8. The molecule has 0 saturated carbocycles. The van der Waals surface area contributed by atoms with Gasteiger partial charge in [0.15, 0.2) is 0 Å². The number of hydrogen-bond donors (Lipinski definition) is 1. The summed E-state index contributed by atoms with van der Waals surface area (Å²) in [6, 6.07) is 157. The normalized spacial score (nSPS) is 12.0. The third-order valence-electron chi connectivity index (χ3n) is 25.9. The Kier molecular flexibility index (Phi) is 44.0. The van der Waals surface area contributed by atoms with Crippen molar-refractivity contribution < 1.29 is 5.11 Å². The number of phenolic OH excluding ortho intramolecular Hbond substituents is 1. The summed E-state index contributed by atoms with van der Waals surface area (Å²) in [5.74, 6) is 2.69. The van der Waals surface area contributed by atoms with Crippen molar-refractivity contribution in [3.8, 4) is 16.9 Å². The molecule has 20 aromatic rings. The Bertz CT molecular complexity index is 6410. The van der Waals surface area contributed by atoms with Crippen LogP contribution in [-0.2, 0) is 37.5 Å². The van der Waals surface area contributed by atoms with Gasteiger partial charge in [-0.1, -0.05) is 567 Å². The van der Waals surface area contributed by atoms with Crippen LogP contribution in [0.5, 0.6) is 5.75 Å². The molecule has 744 valence electrons. The highest BCUT2D eigenvalue weighted by molar-refractivity contribution is 8.00. The van der Waals surface area contributed by atoms with Gasteiger partial charge in [0.05, 0.1) is 0 Å². The van der Waals surface area contributed by atoms with Crippen LogP contribution < -0.4 is 0 Å². The summed E-state index contributed by atoms with van der Waals surface area (Å²) in [4.78, 5) is 14.1. The Labute approximate surface area is 896 Å². The number of phenols is 1. The Balaban J connectivity index is 0.000000144. The first kappa shape index (κ1) is 112. The maximum Gasteiger partial charge on any atom is 0.115 e. The quantitative estimate of drug-likeness (QED) is 0.176. The Hall–Kier alpha value is -12.8. The van der Waals surface area contributed by atoms with Crippen LogP contribution in [0.3, 0.4) is 0 Å². The lowest BCUT2D eigenvalue weighted by molar-refractivity contribution is 0.475. The highest BCUT2D eigenvalue weighted by Crippen LogP contribution is 2.50. The topological polar surface area (TPSA) is 20.2 Å². The SMILES string of the molecule is CC.CC.CC.CC.CC.CC(C)c1cc2cccc3ccc4cccc1c4c32.CC(C)c1ccc(O)cc1.CC(C)c1cccc2ccccc12.CC(C)c1ccccc1.CC1(C)c2ccccc2-c2ccccc21.c1ccc2c(c1)Cc1ccccc1S2.c1ccc2c(c1)Cc1ccccc1S2.c1ccc2c(c1)Cc1ccccc1S2.c1ccc2c(c1)Cc1ccccc1S2.c1ccc2c(c1)Cc1ccccc1S2. The van der Waals surface area contributed by atoms with Crippen LogP contribution >= 0.6 is 58.8 Å². The van der Waals surface area contributed by atoms with Gasteiger partial charge in [-0.2, -0.15) is 0 Å². The van der Waals surface area contributed by atoms with Gasteiger partial charge in [0.2, 0.25) is 0 Å². The molecule has 5 aliphatic heterocycles. The van der Waals surface area contributed by atoms with Gasteiger partial charge in [0.25, 0.3) is 0 Å². The van der Waals surface area contributed by atoms with E-state index in [4.69, 9.17) is 5.11 Å². The molecule has 0 unspecified atom stereocenters. The Morgan fingerprint density at radius 3 is 0.753 bits per heavy atom. The van der Waals surface area contributed by atoms with Crippen molar-refractivity contribution in [1.29, 1.82) is 0 Å². The fourth-order valence-corrected chi connectivity index (χ4v) is 23.9. The first-order valence-electron chi connectivity index (χ1n) is 52.8. The third kappa shape index (κ3) is 29.4. The van der Waals surface area contributed by atoms with Gasteiger partial charge in [-0.15, -0.1) is 0 Å². The average Bonchev–Trinajstić information content (AvgIpc) is 1.47. The first-order valence-corrected chi connectivity index (χ1v) is 56.9. The molecule has 0 radical (unpaired) electrons. The maximum atomic E-state index is 8.94. The molecule has 0 fully saturated rings. The smallest absolute Gasteiger partial charge is 0.115 e. The van der Waals surface area contributed by atoms with Gasteiger partial charge in [0.1, 0.15) is 5.75 Å². The summed E-state index contributed by atoms with van der Waals surface area (Å²) in [6.45, 7) is 42.3. The number of benzene rings is 20. The minimum atomic E-state index is 0.160. The lowest BCUT2D eigenvalue weighted by Crippen LogP contribution is -2.14. The van der Waals surface area contributed by atoms with Crippen LogP contribution in [0.15, 0.2) is 492 Å². The zero-order chi connectivity index (χ0) is 104. The van der Waals surface area contributed by atoms with Gasteiger partial charge >= 0.3 is 0 Å². The van der Waals surface area contributed by atoms with Crippen molar-refractivity contribution in [2.45, 2.75) is 249 Å². The van der Waals surface area contributed by atoms with E-state index in [0.29, 0.717) is 29.4 Å². The second kappa shape index (κ2) is 57.4. The number of fused-ring (bicyclic) bond motifs is 14. The highest BCUT2D eigenvalue weighted by atomic mass is 32.2. The van der Waals surface area contributed by atoms with E-state index in [0.717, 1.165) is 32.1 Å². The molecule has 0 bridgehead atoms. The van der Waals surface area contributed by atoms with E-state index in [1.54, 1.807) is 12.1 Å². The summed E-state index contributed by atoms with van der Waals surface area (Å²) in [5, 5.41) is 20.0. The molecule has 5 heterocycles. The van der Waals surface area contributed by atoms with E-state index < -0.39 is 0 Å².